The van der Waals surface area contributed by atoms with Crippen LogP contribution in [-0.4, -0.2) is 236 Å². The Morgan fingerprint density at radius 2 is 1.22 bits per heavy atom. The first-order chi connectivity index (χ1) is 63.4. The van der Waals surface area contributed by atoms with Crippen LogP contribution in [0.25, 0.3) is 49.9 Å². The van der Waals surface area contributed by atoms with Crippen molar-refractivity contribution in [3.05, 3.63) is 227 Å². The predicted octanol–water partition coefficient (Wildman–Crippen LogP) is 15.6. The van der Waals surface area contributed by atoms with E-state index >= 15 is 0 Å². The minimum atomic E-state index is -4.68. The Balaban J connectivity index is 0.000000171. The van der Waals surface area contributed by atoms with Crippen molar-refractivity contribution in [3.8, 4) is 34.4 Å². The van der Waals surface area contributed by atoms with Gasteiger partial charge in [0.05, 0.1) is 60.3 Å². The maximum atomic E-state index is 14.4. The Hall–Kier alpha value is -11.5. The number of nitrogens with one attached hydrogen (secondary N) is 4. The second-order valence-corrected chi connectivity index (χ2v) is 42.4. The number of aromatic amines is 2. The van der Waals surface area contributed by atoms with Crippen LogP contribution in [-0.2, 0) is 26.5 Å². The number of hydrogen-bond acceptors (Lipinski definition) is 24. The van der Waals surface area contributed by atoms with E-state index in [-0.39, 0.29) is 63.2 Å². The lowest BCUT2D eigenvalue weighted by Gasteiger charge is -2.39. The quantitative estimate of drug-likeness (QED) is 0.0341. The molecule has 5 fully saturated rings. The molecule has 0 spiro atoms. The van der Waals surface area contributed by atoms with E-state index in [9.17, 15) is 46.7 Å². The number of nitrogens with zero attached hydrogens (tertiary/aromatic N) is 13. The predicted molar refractivity (Wildman–Crippen MR) is 507 cm³/mol. The molecule has 6 aromatic carbocycles. The number of fused-ring (bicyclic) bond motifs is 7. The van der Waals surface area contributed by atoms with Gasteiger partial charge in [-0.25, -0.2) is 41.2 Å². The summed E-state index contributed by atoms with van der Waals surface area (Å²) >= 11 is 12.5. The van der Waals surface area contributed by atoms with Gasteiger partial charge in [0.1, 0.15) is 41.1 Å². The lowest BCUT2D eigenvalue weighted by atomic mass is 9.72. The number of likely N-dealkylation sites (N-methyl/N-ethyl adjacent to an activating group) is 1. The first kappa shape index (κ1) is 89.7. The number of rotatable bonds is 23. The fraction of sp³-hybridized carbons (Fsp3) is 0.412. The number of ether oxygens (including phenoxy) is 4. The molecule has 11 heterocycles. The zero-order chi connectivity index (χ0) is 91.6. The molecule has 2 bridgehead atoms. The number of hydrogen-bond donors (Lipinski definition) is 4. The summed E-state index contributed by atoms with van der Waals surface area (Å²) in [5.41, 5.74) is 12.7. The molecule has 690 valence electrons. The number of carbonyl (C=O) groups excluding carboxylic acids is 2. The number of halogens is 2. The summed E-state index contributed by atoms with van der Waals surface area (Å²) in [6.07, 6.45) is 16.6. The number of pyridine rings is 2. The van der Waals surface area contributed by atoms with Crippen LogP contribution < -0.4 is 38.2 Å². The summed E-state index contributed by atoms with van der Waals surface area (Å²) < 4.78 is 86.6. The minimum Gasteiger partial charge on any atom is -0.493 e. The number of H-pyrrole nitrogens is 2. The Kier molecular flexibility index (Phi) is 25.0. The fourth-order valence-corrected chi connectivity index (χ4v) is 22.7. The normalized spacial score (nSPS) is 20.9. The molecule has 4 saturated heterocycles. The maximum absolute atomic E-state index is 14.4. The number of piperidine rings is 1. The minimum absolute atomic E-state index is 0.0437. The summed E-state index contributed by atoms with van der Waals surface area (Å²) in [7, 11) is -7.25. The highest BCUT2D eigenvalue weighted by Crippen LogP contribution is 2.49. The van der Waals surface area contributed by atoms with Gasteiger partial charge in [0.15, 0.2) is 11.4 Å². The van der Waals surface area contributed by atoms with Crippen molar-refractivity contribution in [2.24, 2.45) is 22.7 Å². The molecule has 2 amide bonds. The van der Waals surface area contributed by atoms with Crippen molar-refractivity contribution in [2.45, 2.75) is 114 Å². The monoisotopic (exact) mass is 1870 g/mol. The van der Waals surface area contributed by atoms with Gasteiger partial charge in [-0.2, -0.15) is 0 Å². The molecule has 11 aromatic rings. The zero-order valence-electron chi connectivity index (χ0n) is 74.4. The second-order valence-electron chi connectivity index (χ2n) is 38.2. The van der Waals surface area contributed by atoms with Crippen molar-refractivity contribution in [3.63, 3.8) is 0 Å². The average Bonchev–Trinajstić information content (AvgIpc) is 1.54. The highest BCUT2D eigenvalue weighted by Gasteiger charge is 2.42. The topological polar surface area (TPSA) is 348 Å². The summed E-state index contributed by atoms with van der Waals surface area (Å²) in [6, 6.07) is 39.1. The molecule has 4 N–H and O–H groups in total. The summed E-state index contributed by atoms with van der Waals surface area (Å²) in [4.78, 5) is 84.0. The summed E-state index contributed by atoms with van der Waals surface area (Å²) in [5, 5.41) is 31.1. The van der Waals surface area contributed by atoms with Crippen molar-refractivity contribution in [2.75, 3.05) is 141 Å². The largest absolute Gasteiger partial charge is 0.493 e. The number of aromatic nitrogens is 6. The van der Waals surface area contributed by atoms with Crippen LogP contribution >= 0.6 is 23.2 Å². The second kappa shape index (κ2) is 36.8. The SMILES string of the molecule is CC1(C)CCC(CN2CCN(c3ccc(C(=O)NS(=O)(=O)c4cc5c(c([N+](=O)[O-])c4)C[C@H](CN4C[C@H]6CC[C@@H]4C6)CO5)c(-n4[nH]cc5nc6nccc6cc54)c3)CC2)=C(c2ccc(Cl)cc2)C1.CN1CCN(C[C@@H]2COc3cc(S(=O)(=O)NC(=O)c4ccc(N5CCN(CC6=C(c7ccc(Cl)cc7)CC(C)(C)CC6)CC5)cc4Oc4cnc5[nH]ccc5c4)cc([N+](=O)[O-])c3O2)CC1. The van der Waals surface area contributed by atoms with E-state index in [1.165, 1.54) is 71.0 Å². The number of benzene rings is 6. The molecular weight excluding hydrogens is 1760 g/mol. The molecule has 0 unspecified atom stereocenters. The number of carbonyl (C=O) groups is 2. The third-order valence-electron chi connectivity index (χ3n) is 27.8. The van der Waals surface area contributed by atoms with Gasteiger partial charge in [-0.05, 0) is 189 Å². The van der Waals surface area contributed by atoms with Crippen LogP contribution in [0.5, 0.6) is 28.7 Å². The van der Waals surface area contributed by atoms with E-state index < -0.39 is 63.3 Å². The van der Waals surface area contributed by atoms with Crippen molar-refractivity contribution in [1.29, 1.82) is 0 Å². The van der Waals surface area contributed by atoms with Gasteiger partial charge in [0, 0.05) is 204 Å². The molecule has 1 saturated carbocycles. The first-order valence-electron chi connectivity index (χ1n) is 45.3. The van der Waals surface area contributed by atoms with Crippen molar-refractivity contribution >= 4 is 122 Å². The highest BCUT2D eigenvalue weighted by molar-refractivity contribution is 7.90. The molecule has 6 aliphatic heterocycles. The number of allylic oxidation sites excluding steroid dienone is 2. The zero-order valence-corrected chi connectivity index (χ0v) is 77.6. The molecular formula is C97H107Cl2N17O14S2. The molecule has 31 nitrogen and oxygen atoms in total. The number of anilines is 2. The van der Waals surface area contributed by atoms with E-state index in [2.05, 4.69) is 123 Å². The first-order valence-corrected chi connectivity index (χ1v) is 49.1. The standard InChI is InChI=1S/C50H54ClN9O6S.C47H53ClN8O8S/c1-50(2)13-11-35(42(25-50)33-4-6-36(51)7-5-33)29-56-15-17-57(18-16-56)38-9-10-40(44(22-38)59-46-21-34-12-14-52-48(34)54-43(46)26-53-59)49(61)55-67(64,65)39-23-45(60(62)63)41-20-32(30-66-47(41)24-39)28-58-27-31-3-8-37(58)19-31;1-47(2)12-10-33(40(26-47)31-4-6-34(48)7-5-31)28-53-18-20-55(21-19-53)35-8-9-39(42(23-35)63-36-22-32-11-13-49-45(32)50-27-36)46(57)51-65(60,61)38-24-41(56(58)59)44-43(25-38)62-30-37(64-44)29-54-16-14-52(3)15-17-54/h4-7,9-10,12,14,21-24,26,31-32,37,53H,3,8,11,13,15-20,25,27-30H2,1-2H3,(H,55,61);4-9,11,13,22-25,27,37H,10,12,14-21,26,28-30H2,1-3H3,(H,49,50)(H,51,57)/t31-,32+,37+;37-/m01/s1. The lowest BCUT2D eigenvalue weighted by Crippen LogP contribution is -2.49. The molecule has 20 rings (SSSR count). The summed E-state index contributed by atoms with van der Waals surface area (Å²) in [6.45, 7) is 23.4. The van der Waals surface area contributed by atoms with Crippen LogP contribution in [0.3, 0.4) is 0 Å². The van der Waals surface area contributed by atoms with Crippen LogP contribution in [0.4, 0.5) is 22.7 Å². The van der Waals surface area contributed by atoms with Gasteiger partial charge in [-0.1, -0.05) is 86.3 Å². The Morgan fingerprint density at radius 1 is 0.629 bits per heavy atom. The molecule has 132 heavy (non-hydrogen) atoms. The fourth-order valence-electron chi connectivity index (χ4n) is 20.4. The van der Waals surface area contributed by atoms with Crippen molar-refractivity contribution < 1.29 is 55.2 Å². The third-order valence-corrected chi connectivity index (χ3v) is 30.9. The number of amides is 2. The van der Waals surface area contributed by atoms with E-state index in [1.807, 2.05) is 54.6 Å². The van der Waals surface area contributed by atoms with E-state index in [1.54, 1.807) is 47.5 Å². The molecule has 0 radical (unpaired) electrons. The number of nitro groups is 2. The Bertz CT molecular complexity index is 6620. The molecule has 35 heteroatoms. The number of nitro benzene ring substituents is 2. The van der Waals surface area contributed by atoms with Gasteiger partial charge >= 0.3 is 5.69 Å². The lowest BCUT2D eigenvalue weighted by molar-refractivity contribution is -0.386. The average molecular weight is 1870 g/mol. The Labute approximate surface area is 775 Å². The molecule has 3 aliphatic carbocycles. The van der Waals surface area contributed by atoms with Crippen LogP contribution in [0.15, 0.2) is 179 Å². The van der Waals surface area contributed by atoms with Crippen LogP contribution in [0.2, 0.25) is 10.0 Å². The van der Waals surface area contributed by atoms with Gasteiger partial charge in [-0.3, -0.25) is 59.2 Å². The van der Waals surface area contributed by atoms with E-state index in [0.717, 1.165) is 186 Å². The van der Waals surface area contributed by atoms with Gasteiger partial charge in [-0.15, -0.1) is 0 Å². The number of sulfonamides is 2. The number of piperazine rings is 3. The van der Waals surface area contributed by atoms with Crippen LogP contribution in [0.1, 0.15) is 123 Å². The van der Waals surface area contributed by atoms with E-state index in [4.69, 9.17) is 47.1 Å². The van der Waals surface area contributed by atoms with Gasteiger partial charge in [0.2, 0.25) is 5.75 Å². The number of likely N-dealkylation sites (tertiary alicyclic amines) is 1. The summed E-state index contributed by atoms with van der Waals surface area (Å²) in [5.74, 6) is -0.761. The highest BCUT2D eigenvalue weighted by atomic mass is 35.5. The molecule has 4 atom stereocenters. The molecule has 5 aromatic heterocycles. The van der Waals surface area contributed by atoms with Gasteiger partial charge < -0.3 is 38.6 Å². The third kappa shape index (κ3) is 19.5. The van der Waals surface area contributed by atoms with Crippen molar-refractivity contribution in [1.82, 2.24) is 63.7 Å². The smallest absolute Gasteiger partial charge is 0.316 e. The van der Waals surface area contributed by atoms with E-state index in [0.29, 0.717) is 78.0 Å². The Morgan fingerprint density at radius 3 is 1.83 bits per heavy atom. The van der Waals surface area contributed by atoms with Gasteiger partial charge in [0.25, 0.3) is 37.5 Å². The van der Waals surface area contributed by atoms with Crippen LogP contribution in [0, 0.1) is 42.9 Å². The maximum Gasteiger partial charge on any atom is 0.316 e. The molecule has 9 aliphatic rings.